The fourth-order valence-electron chi connectivity index (χ4n) is 3.77. The molecule has 0 aliphatic heterocycles. The van der Waals surface area contributed by atoms with Gasteiger partial charge in [-0.25, -0.2) is 4.39 Å². The quantitative estimate of drug-likeness (QED) is 0.416. The molecule has 5 heteroatoms. The zero-order valence-corrected chi connectivity index (χ0v) is 17.0. The summed E-state index contributed by atoms with van der Waals surface area (Å²) in [6.45, 7) is 5.43. The molecule has 3 rings (SSSR count). The summed E-state index contributed by atoms with van der Waals surface area (Å²) in [5, 5.41) is 0.937. The van der Waals surface area contributed by atoms with E-state index in [0.717, 1.165) is 27.6 Å². The van der Waals surface area contributed by atoms with Crippen LogP contribution in [0, 0.1) is 18.7 Å². The highest BCUT2D eigenvalue weighted by Gasteiger charge is 2.27. The van der Waals surface area contributed by atoms with Gasteiger partial charge in [0.15, 0.2) is 0 Å². The number of aromatic nitrogens is 1. The topological polar surface area (TPSA) is 59.2 Å². The number of nitrogens with one attached hydrogen (secondary N) is 1. The van der Waals surface area contributed by atoms with Gasteiger partial charge < -0.3 is 9.72 Å². The highest BCUT2D eigenvalue weighted by atomic mass is 19.1. The van der Waals surface area contributed by atoms with E-state index in [1.54, 1.807) is 13.0 Å². The molecule has 4 nitrogen and oxygen atoms in total. The summed E-state index contributed by atoms with van der Waals surface area (Å²) in [5.41, 5.74) is 3.99. The third kappa shape index (κ3) is 4.73. The van der Waals surface area contributed by atoms with Gasteiger partial charge in [0.25, 0.3) is 0 Å². The van der Waals surface area contributed by atoms with Crippen molar-refractivity contribution in [2.24, 2.45) is 5.92 Å². The van der Waals surface area contributed by atoms with Crippen LogP contribution in [0.2, 0.25) is 0 Å². The Morgan fingerprint density at radius 2 is 1.83 bits per heavy atom. The van der Waals surface area contributed by atoms with Crippen molar-refractivity contribution in [3.8, 4) is 0 Å². The number of esters is 1. The molecule has 0 spiro atoms. The van der Waals surface area contributed by atoms with Gasteiger partial charge in [0, 0.05) is 23.0 Å². The van der Waals surface area contributed by atoms with Crippen LogP contribution in [0.1, 0.15) is 49.3 Å². The van der Waals surface area contributed by atoms with Gasteiger partial charge in [-0.1, -0.05) is 29.8 Å². The third-order valence-electron chi connectivity index (χ3n) is 5.34. The average Bonchev–Trinajstić information content (AvgIpc) is 3.08. The first-order chi connectivity index (χ1) is 13.9. The molecule has 0 fully saturated rings. The molecular formula is C24H26FNO3. The summed E-state index contributed by atoms with van der Waals surface area (Å²) in [4.78, 5) is 27.4. The predicted molar refractivity (Wildman–Crippen MR) is 111 cm³/mol. The fraction of sp³-hybridized carbons (Fsp3) is 0.333. The van der Waals surface area contributed by atoms with Crippen molar-refractivity contribution >= 4 is 22.7 Å². The molecule has 29 heavy (non-hydrogen) atoms. The molecule has 0 aliphatic rings. The van der Waals surface area contributed by atoms with Gasteiger partial charge in [0.2, 0.25) is 0 Å². The molecule has 0 aliphatic carbocycles. The maximum absolute atomic E-state index is 13.6. The van der Waals surface area contributed by atoms with Gasteiger partial charge in [0.1, 0.15) is 17.5 Å². The van der Waals surface area contributed by atoms with E-state index in [2.05, 4.69) is 17.1 Å². The van der Waals surface area contributed by atoms with E-state index in [-0.39, 0.29) is 24.1 Å². The maximum Gasteiger partial charge on any atom is 0.316 e. The van der Waals surface area contributed by atoms with Crippen LogP contribution >= 0.6 is 0 Å². The van der Waals surface area contributed by atoms with Crippen molar-refractivity contribution in [2.75, 3.05) is 6.61 Å². The van der Waals surface area contributed by atoms with Crippen LogP contribution in [0.3, 0.4) is 0 Å². The first-order valence-electron chi connectivity index (χ1n) is 9.91. The molecule has 152 valence electrons. The van der Waals surface area contributed by atoms with E-state index in [0.29, 0.717) is 12.8 Å². The molecule has 1 heterocycles. The van der Waals surface area contributed by atoms with Crippen molar-refractivity contribution in [2.45, 2.75) is 39.5 Å². The summed E-state index contributed by atoms with van der Waals surface area (Å²) in [7, 11) is 0. The van der Waals surface area contributed by atoms with Crippen molar-refractivity contribution in [3.05, 3.63) is 71.2 Å². The lowest BCUT2D eigenvalue weighted by molar-refractivity contribution is -0.151. The molecule has 2 unspecified atom stereocenters. The van der Waals surface area contributed by atoms with Crippen molar-refractivity contribution < 1.29 is 18.7 Å². The number of ether oxygens (including phenoxy) is 1. The molecule has 0 saturated carbocycles. The van der Waals surface area contributed by atoms with Crippen molar-refractivity contribution in [3.63, 3.8) is 0 Å². The van der Waals surface area contributed by atoms with Gasteiger partial charge in [-0.15, -0.1) is 0 Å². The minimum Gasteiger partial charge on any atom is -0.465 e. The molecule has 0 amide bonds. The molecule has 3 aromatic rings. The summed E-state index contributed by atoms with van der Waals surface area (Å²) < 4.78 is 18.7. The molecule has 1 N–H and O–H groups in total. The van der Waals surface area contributed by atoms with Gasteiger partial charge in [-0.3, -0.25) is 9.59 Å². The summed E-state index contributed by atoms with van der Waals surface area (Å²) >= 11 is 0. The Balaban J connectivity index is 1.96. The molecule has 0 bridgehead atoms. The summed E-state index contributed by atoms with van der Waals surface area (Å²) in [6, 6.07) is 12.9. The van der Waals surface area contributed by atoms with Gasteiger partial charge >= 0.3 is 5.97 Å². The molecule has 0 radical (unpaired) electrons. The Bertz CT molecular complexity index is 1010. The second-order valence-corrected chi connectivity index (χ2v) is 7.39. The van der Waals surface area contributed by atoms with Crippen molar-refractivity contribution in [1.29, 1.82) is 0 Å². The van der Waals surface area contributed by atoms with Crippen LogP contribution in [-0.2, 0) is 14.3 Å². The number of aryl methyl sites for hydroxylation is 1. The molecular weight excluding hydrogens is 369 g/mol. The van der Waals surface area contributed by atoms with Gasteiger partial charge in [-0.2, -0.15) is 0 Å². The van der Waals surface area contributed by atoms with Crippen LogP contribution in [0.25, 0.3) is 10.9 Å². The Hall–Kier alpha value is -2.95. The number of fused-ring (bicyclic) bond motifs is 1. The van der Waals surface area contributed by atoms with Crippen LogP contribution in [-0.4, -0.2) is 23.3 Å². The largest absolute Gasteiger partial charge is 0.465 e. The number of ketones is 1. The number of halogens is 1. The fourth-order valence-corrected chi connectivity index (χ4v) is 3.77. The normalized spacial score (nSPS) is 13.2. The number of hydrogen-bond donors (Lipinski definition) is 1. The zero-order valence-electron chi connectivity index (χ0n) is 17.0. The summed E-state index contributed by atoms with van der Waals surface area (Å²) in [5.74, 6) is -1.76. The second kappa shape index (κ2) is 9.03. The predicted octanol–water partition coefficient (Wildman–Crippen LogP) is 5.30. The third-order valence-corrected chi connectivity index (χ3v) is 5.34. The highest BCUT2D eigenvalue weighted by molar-refractivity contribution is 5.97. The van der Waals surface area contributed by atoms with Gasteiger partial charge in [0.05, 0.1) is 6.61 Å². The van der Waals surface area contributed by atoms with E-state index >= 15 is 0 Å². The van der Waals surface area contributed by atoms with Crippen LogP contribution in [0.15, 0.2) is 48.7 Å². The number of H-pyrrole nitrogens is 1. The van der Waals surface area contributed by atoms with E-state index < -0.39 is 11.9 Å². The zero-order chi connectivity index (χ0) is 21.0. The van der Waals surface area contributed by atoms with E-state index in [9.17, 15) is 14.0 Å². The Labute approximate surface area is 170 Å². The lowest BCUT2D eigenvalue weighted by Crippen LogP contribution is -2.25. The standard InChI is InChI=1S/C24H26FNO3/c1-4-29-24(28)19(16(3)27)11-12-20(17-7-5-15(2)6-8-17)22-14-26-23-13-18(25)9-10-21(22)23/h5-10,13-14,19-20,26H,4,11-12H2,1-3H3. The van der Waals surface area contributed by atoms with Crippen LogP contribution in [0.4, 0.5) is 4.39 Å². The highest BCUT2D eigenvalue weighted by Crippen LogP contribution is 2.35. The molecule has 1 aromatic heterocycles. The number of carbonyl (C=O) groups excluding carboxylic acids is 2. The summed E-state index contributed by atoms with van der Waals surface area (Å²) in [6.07, 6.45) is 2.87. The number of rotatable bonds is 8. The van der Waals surface area contributed by atoms with Crippen molar-refractivity contribution in [1.82, 2.24) is 4.98 Å². The van der Waals surface area contributed by atoms with E-state index in [1.165, 1.54) is 19.1 Å². The first-order valence-corrected chi connectivity index (χ1v) is 9.91. The minimum atomic E-state index is -0.773. The number of benzene rings is 2. The Morgan fingerprint density at radius 1 is 1.10 bits per heavy atom. The molecule has 2 aromatic carbocycles. The molecule has 0 saturated heterocycles. The lowest BCUT2D eigenvalue weighted by Gasteiger charge is -2.20. The lowest BCUT2D eigenvalue weighted by atomic mass is 9.84. The number of Topliss-reactive ketones (excluding diaryl/α,β-unsaturated/α-hetero) is 1. The Kier molecular flexibility index (Phi) is 6.47. The maximum atomic E-state index is 13.6. The molecule has 2 atom stereocenters. The number of hydrogen-bond acceptors (Lipinski definition) is 3. The minimum absolute atomic E-state index is 0.0360. The smallest absolute Gasteiger partial charge is 0.316 e. The second-order valence-electron chi connectivity index (χ2n) is 7.39. The first kappa shape index (κ1) is 20.8. The van der Waals surface area contributed by atoms with Crippen LogP contribution < -0.4 is 0 Å². The van der Waals surface area contributed by atoms with E-state index in [4.69, 9.17) is 4.74 Å². The monoisotopic (exact) mass is 395 g/mol. The Morgan fingerprint density at radius 3 is 2.48 bits per heavy atom. The van der Waals surface area contributed by atoms with Gasteiger partial charge in [-0.05, 0) is 62.9 Å². The number of carbonyl (C=O) groups is 2. The van der Waals surface area contributed by atoms with Crippen LogP contribution in [0.5, 0.6) is 0 Å². The average molecular weight is 395 g/mol. The SMILES string of the molecule is CCOC(=O)C(CCC(c1ccc(C)cc1)c1c[nH]c2cc(F)ccc12)C(C)=O. The number of aromatic amines is 1. The van der Waals surface area contributed by atoms with E-state index in [1.807, 2.05) is 25.3 Å².